The van der Waals surface area contributed by atoms with Crippen molar-refractivity contribution < 1.29 is 9.90 Å². The summed E-state index contributed by atoms with van der Waals surface area (Å²) < 4.78 is 0. The zero-order valence-corrected chi connectivity index (χ0v) is 16.6. The molecule has 0 aromatic rings. The van der Waals surface area contributed by atoms with Crippen molar-refractivity contribution in [3.63, 3.8) is 0 Å². The summed E-state index contributed by atoms with van der Waals surface area (Å²) in [4.78, 5) is 12.5. The Bertz CT molecular complexity index is 397. The summed E-state index contributed by atoms with van der Waals surface area (Å²) in [5, 5.41) is 10.5. The van der Waals surface area contributed by atoms with Gasteiger partial charge in [-0.3, -0.25) is 4.79 Å². The van der Waals surface area contributed by atoms with Crippen LogP contribution < -0.4 is 0 Å². The second-order valence-corrected chi connectivity index (χ2v) is 8.32. The molecule has 2 nitrogen and oxygen atoms in total. The Morgan fingerprint density at radius 2 is 1.75 bits per heavy atom. The van der Waals surface area contributed by atoms with Gasteiger partial charge in [0.2, 0.25) is 0 Å². The topological polar surface area (TPSA) is 37.3 Å². The lowest BCUT2D eigenvalue weighted by molar-refractivity contribution is -0.126. The number of hydrogen-bond donors (Lipinski definition) is 1. The fourth-order valence-corrected chi connectivity index (χ4v) is 3.97. The summed E-state index contributed by atoms with van der Waals surface area (Å²) in [6, 6.07) is 0. The molecule has 1 fully saturated rings. The van der Waals surface area contributed by atoms with Crippen molar-refractivity contribution in [2.75, 3.05) is 0 Å². The predicted octanol–water partition coefficient (Wildman–Crippen LogP) is 6.22. The number of carbonyl (C=O) groups is 1. The first kappa shape index (κ1) is 21.4. The first-order valence-corrected chi connectivity index (χ1v) is 10.3. The summed E-state index contributed by atoms with van der Waals surface area (Å²) in [7, 11) is 0. The Balaban J connectivity index is 2.57. The van der Waals surface area contributed by atoms with Crippen LogP contribution in [0.5, 0.6) is 0 Å². The Morgan fingerprint density at radius 1 is 1.12 bits per heavy atom. The van der Waals surface area contributed by atoms with Gasteiger partial charge in [-0.2, -0.15) is 0 Å². The molecule has 24 heavy (non-hydrogen) atoms. The number of aliphatic hydroxyl groups is 1. The molecule has 0 heterocycles. The Hall–Kier alpha value is -0.630. The molecule has 2 heteroatoms. The SMILES string of the molecule is CCCCCCC[C@@]1(C)C(=O)CC[C@@H]1C=CC(C)(O)CCCCC. The maximum Gasteiger partial charge on any atom is 0.139 e. The number of unbranched alkanes of at least 4 members (excludes halogenated alkanes) is 6. The summed E-state index contributed by atoms with van der Waals surface area (Å²) in [5.41, 5.74) is -0.939. The van der Waals surface area contributed by atoms with Gasteiger partial charge >= 0.3 is 0 Å². The van der Waals surface area contributed by atoms with Crippen LogP contribution in [-0.4, -0.2) is 16.5 Å². The Kier molecular flexibility index (Phi) is 9.26. The first-order valence-electron chi connectivity index (χ1n) is 10.3. The van der Waals surface area contributed by atoms with E-state index in [1.54, 1.807) is 0 Å². The van der Waals surface area contributed by atoms with Crippen LogP contribution in [-0.2, 0) is 4.79 Å². The second kappa shape index (κ2) is 10.4. The third kappa shape index (κ3) is 6.70. The van der Waals surface area contributed by atoms with E-state index in [-0.39, 0.29) is 5.41 Å². The Morgan fingerprint density at radius 3 is 2.42 bits per heavy atom. The molecule has 0 saturated heterocycles. The van der Waals surface area contributed by atoms with E-state index in [2.05, 4.69) is 26.8 Å². The van der Waals surface area contributed by atoms with E-state index >= 15 is 0 Å². The lowest BCUT2D eigenvalue weighted by atomic mass is 9.74. The molecule has 140 valence electrons. The molecule has 1 saturated carbocycles. The quantitative estimate of drug-likeness (QED) is 0.339. The van der Waals surface area contributed by atoms with Crippen molar-refractivity contribution in [3.8, 4) is 0 Å². The fourth-order valence-electron chi connectivity index (χ4n) is 3.97. The molecule has 0 bridgehead atoms. The van der Waals surface area contributed by atoms with Crippen LogP contribution in [0.4, 0.5) is 0 Å². The highest BCUT2D eigenvalue weighted by molar-refractivity contribution is 5.87. The highest BCUT2D eigenvalue weighted by Gasteiger charge is 2.44. The lowest BCUT2D eigenvalue weighted by Gasteiger charge is -2.29. The van der Waals surface area contributed by atoms with Crippen LogP contribution in [0.25, 0.3) is 0 Å². The molecule has 0 aliphatic heterocycles. The van der Waals surface area contributed by atoms with Gasteiger partial charge in [-0.05, 0) is 32.1 Å². The highest BCUT2D eigenvalue weighted by Crippen LogP contribution is 2.45. The molecule has 0 radical (unpaired) electrons. The number of allylic oxidation sites excluding steroid dienone is 1. The van der Waals surface area contributed by atoms with Gasteiger partial charge in [-0.1, -0.05) is 84.3 Å². The zero-order valence-electron chi connectivity index (χ0n) is 16.6. The number of hydrogen-bond acceptors (Lipinski definition) is 2. The van der Waals surface area contributed by atoms with E-state index in [0.717, 1.165) is 32.1 Å². The largest absolute Gasteiger partial charge is 0.386 e. The third-order valence-corrected chi connectivity index (χ3v) is 5.91. The molecular formula is C22H40O2. The lowest BCUT2D eigenvalue weighted by Crippen LogP contribution is -2.29. The van der Waals surface area contributed by atoms with Crippen molar-refractivity contribution in [1.82, 2.24) is 0 Å². The molecule has 1 rings (SSSR count). The summed E-state index contributed by atoms with van der Waals surface area (Å²) in [5.74, 6) is 0.729. The van der Waals surface area contributed by atoms with Gasteiger partial charge in [0, 0.05) is 11.8 Å². The van der Waals surface area contributed by atoms with E-state index in [1.807, 2.05) is 13.0 Å². The van der Waals surface area contributed by atoms with Crippen molar-refractivity contribution in [2.45, 2.75) is 110 Å². The smallest absolute Gasteiger partial charge is 0.139 e. The van der Waals surface area contributed by atoms with E-state index < -0.39 is 5.60 Å². The average molecular weight is 337 g/mol. The van der Waals surface area contributed by atoms with Crippen LogP contribution in [0.2, 0.25) is 0 Å². The molecule has 1 aliphatic rings. The van der Waals surface area contributed by atoms with Crippen LogP contribution in [0, 0.1) is 11.3 Å². The van der Waals surface area contributed by atoms with E-state index in [9.17, 15) is 9.90 Å². The molecule has 1 aliphatic carbocycles. The minimum absolute atomic E-state index is 0.206. The number of Topliss-reactive ketones (excluding diaryl/α,β-unsaturated/α-hetero) is 1. The van der Waals surface area contributed by atoms with Crippen molar-refractivity contribution in [1.29, 1.82) is 0 Å². The molecule has 1 N–H and O–H groups in total. The van der Waals surface area contributed by atoms with Crippen molar-refractivity contribution in [2.24, 2.45) is 11.3 Å². The minimum atomic E-state index is -0.733. The standard InChI is InChI=1S/C22H40O2/c1-5-7-9-10-12-17-22(4)19(13-14-20(22)23)15-18-21(3,24)16-11-8-6-2/h15,18-19,24H,5-14,16-17H2,1-4H3/t19-,21?,22-/m1/s1. The van der Waals surface area contributed by atoms with Gasteiger partial charge < -0.3 is 5.11 Å². The van der Waals surface area contributed by atoms with Crippen LogP contribution >= 0.6 is 0 Å². The highest BCUT2D eigenvalue weighted by atomic mass is 16.3. The molecule has 0 aromatic heterocycles. The molecule has 0 aromatic carbocycles. The first-order chi connectivity index (χ1) is 11.4. The van der Waals surface area contributed by atoms with Crippen LogP contribution in [0.3, 0.4) is 0 Å². The number of ketones is 1. The van der Waals surface area contributed by atoms with Crippen molar-refractivity contribution in [3.05, 3.63) is 12.2 Å². The maximum absolute atomic E-state index is 12.5. The van der Waals surface area contributed by atoms with E-state index in [1.165, 1.54) is 38.5 Å². The summed E-state index contributed by atoms with van der Waals surface area (Å²) in [6.07, 6.45) is 17.2. The monoisotopic (exact) mass is 336 g/mol. The van der Waals surface area contributed by atoms with E-state index in [4.69, 9.17) is 0 Å². The summed E-state index contributed by atoms with van der Waals surface area (Å²) in [6.45, 7) is 8.47. The van der Waals surface area contributed by atoms with Gasteiger partial charge in [0.25, 0.3) is 0 Å². The second-order valence-electron chi connectivity index (χ2n) is 8.32. The van der Waals surface area contributed by atoms with Gasteiger partial charge in [0.05, 0.1) is 5.60 Å². The molecule has 3 atom stereocenters. The summed E-state index contributed by atoms with van der Waals surface area (Å²) >= 11 is 0. The molecule has 0 spiro atoms. The molecular weight excluding hydrogens is 296 g/mol. The Labute approximate surface area is 150 Å². The molecule has 0 amide bonds. The van der Waals surface area contributed by atoms with Crippen LogP contribution in [0.1, 0.15) is 105 Å². The van der Waals surface area contributed by atoms with Gasteiger partial charge in [0.1, 0.15) is 5.78 Å². The number of rotatable bonds is 12. The normalized spacial score (nSPS) is 27.0. The zero-order chi connectivity index (χ0) is 18.1. The molecule has 1 unspecified atom stereocenters. The van der Waals surface area contributed by atoms with Gasteiger partial charge in [-0.15, -0.1) is 0 Å². The van der Waals surface area contributed by atoms with Gasteiger partial charge in [0.15, 0.2) is 0 Å². The van der Waals surface area contributed by atoms with Crippen molar-refractivity contribution >= 4 is 5.78 Å². The maximum atomic E-state index is 12.5. The van der Waals surface area contributed by atoms with E-state index in [0.29, 0.717) is 18.1 Å². The third-order valence-electron chi connectivity index (χ3n) is 5.91. The van der Waals surface area contributed by atoms with Crippen LogP contribution in [0.15, 0.2) is 12.2 Å². The average Bonchev–Trinajstić information content (AvgIpc) is 2.81. The predicted molar refractivity (Wildman–Crippen MR) is 103 cm³/mol. The minimum Gasteiger partial charge on any atom is -0.386 e. The van der Waals surface area contributed by atoms with Gasteiger partial charge in [-0.25, -0.2) is 0 Å². The number of carbonyl (C=O) groups excluding carboxylic acids is 1. The fraction of sp³-hybridized carbons (Fsp3) is 0.864.